The van der Waals surface area contributed by atoms with Crippen LogP contribution in [0.25, 0.3) is 0 Å². The normalized spacial score (nSPS) is 21.4. The molecule has 0 bridgehead atoms. The first-order valence-corrected chi connectivity index (χ1v) is 9.55. The number of urea groups is 1. The van der Waals surface area contributed by atoms with E-state index in [1.807, 2.05) is 11.0 Å². The number of aliphatic hydroxyl groups is 1. The minimum Gasteiger partial charge on any atom is -0.490 e. The molecule has 1 saturated carbocycles. The molecule has 0 spiro atoms. The van der Waals surface area contributed by atoms with Crippen molar-refractivity contribution < 1.29 is 14.6 Å². The number of hydrogen-bond donors (Lipinski definition) is 2. The van der Waals surface area contributed by atoms with E-state index in [1.54, 1.807) is 0 Å². The van der Waals surface area contributed by atoms with Crippen LogP contribution < -0.4 is 10.1 Å². The Balaban J connectivity index is 1.59. The van der Waals surface area contributed by atoms with Crippen molar-refractivity contribution in [1.82, 2.24) is 10.2 Å². The lowest BCUT2D eigenvalue weighted by Crippen LogP contribution is -2.46. The third-order valence-electron chi connectivity index (χ3n) is 5.31. The van der Waals surface area contributed by atoms with Crippen molar-refractivity contribution in [2.75, 3.05) is 19.7 Å². The van der Waals surface area contributed by atoms with Crippen LogP contribution in [0.4, 0.5) is 4.79 Å². The van der Waals surface area contributed by atoms with Gasteiger partial charge in [-0.05, 0) is 63.0 Å². The lowest BCUT2D eigenvalue weighted by atomic mass is 9.99. The van der Waals surface area contributed by atoms with Crippen LogP contribution in [0.15, 0.2) is 18.2 Å². The molecule has 1 heterocycles. The highest BCUT2D eigenvalue weighted by Crippen LogP contribution is 2.27. The van der Waals surface area contributed by atoms with E-state index in [9.17, 15) is 9.90 Å². The van der Waals surface area contributed by atoms with Crippen molar-refractivity contribution >= 4 is 6.03 Å². The van der Waals surface area contributed by atoms with E-state index in [0.29, 0.717) is 19.2 Å². The third-order valence-corrected chi connectivity index (χ3v) is 5.31. The van der Waals surface area contributed by atoms with Crippen LogP contribution in [0.2, 0.25) is 0 Å². The number of rotatable bonds is 5. The van der Waals surface area contributed by atoms with Gasteiger partial charge in [0.1, 0.15) is 5.75 Å². The van der Waals surface area contributed by atoms with Crippen LogP contribution in [0.5, 0.6) is 5.75 Å². The second-order valence-electron chi connectivity index (χ2n) is 7.43. The molecule has 1 aliphatic carbocycles. The Bertz CT molecular complexity index is 584. The van der Waals surface area contributed by atoms with Crippen molar-refractivity contribution in [3.63, 3.8) is 0 Å². The van der Waals surface area contributed by atoms with Gasteiger partial charge in [0.2, 0.25) is 0 Å². The van der Waals surface area contributed by atoms with Crippen molar-refractivity contribution in [1.29, 1.82) is 0 Å². The number of amides is 2. The summed E-state index contributed by atoms with van der Waals surface area (Å²) in [6.45, 7) is 4.10. The predicted octanol–water partition coefficient (Wildman–Crippen LogP) is 3.23. The molecule has 5 nitrogen and oxygen atoms in total. The van der Waals surface area contributed by atoms with Gasteiger partial charge in [0.25, 0.3) is 0 Å². The van der Waals surface area contributed by atoms with Crippen molar-refractivity contribution in [3.8, 4) is 5.75 Å². The Morgan fingerprint density at radius 3 is 2.84 bits per heavy atom. The maximum absolute atomic E-state index is 12.4. The first-order valence-electron chi connectivity index (χ1n) is 9.55. The average molecular weight is 346 g/mol. The van der Waals surface area contributed by atoms with Gasteiger partial charge in [-0.15, -0.1) is 0 Å². The SMILES string of the molecule is Cc1ccc(CNC(=O)N2CCC[C@@H](CO)C2)c(OC2CCCC2)c1. The predicted molar refractivity (Wildman–Crippen MR) is 97.7 cm³/mol. The van der Waals surface area contributed by atoms with Crippen LogP contribution in [-0.4, -0.2) is 41.8 Å². The molecule has 5 heteroatoms. The second-order valence-corrected chi connectivity index (χ2v) is 7.43. The van der Waals surface area contributed by atoms with Gasteiger partial charge in [-0.2, -0.15) is 0 Å². The number of nitrogens with zero attached hydrogens (tertiary/aromatic N) is 1. The first-order chi connectivity index (χ1) is 12.2. The Kier molecular flexibility index (Phi) is 6.19. The maximum atomic E-state index is 12.4. The Labute approximate surface area is 150 Å². The molecule has 2 fully saturated rings. The number of carbonyl (C=O) groups excluding carboxylic acids is 1. The summed E-state index contributed by atoms with van der Waals surface area (Å²) in [7, 11) is 0. The van der Waals surface area contributed by atoms with Gasteiger partial charge >= 0.3 is 6.03 Å². The lowest BCUT2D eigenvalue weighted by molar-refractivity contribution is 0.129. The van der Waals surface area contributed by atoms with Gasteiger partial charge < -0.3 is 20.1 Å². The van der Waals surface area contributed by atoms with Crippen LogP contribution >= 0.6 is 0 Å². The Morgan fingerprint density at radius 2 is 2.08 bits per heavy atom. The second kappa shape index (κ2) is 8.56. The molecule has 1 aromatic carbocycles. The largest absolute Gasteiger partial charge is 0.490 e. The fourth-order valence-electron chi connectivity index (χ4n) is 3.78. The highest BCUT2D eigenvalue weighted by atomic mass is 16.5. The van der Waals surface area contributed by atoms with Crippen molar-refractivity contribution in [3.05, 3.63) is 29.3 Å². The molecule has 3 rings (SSSR count). The number of ether oxygens (including phenoxy) is 1. The number of hydrogen-bond acceptors (Lipinski definition) is 3. The molecule has 2 amide bonds. The topological polar surface area (TPSA) is 61.8 Å². The highest BCUT2D eigenvalue weighted by Gasteiger charge is 2.23. The molecule has 0 radical (unpaired) electrons. The summed E-state index contributed by atoms with van der Waals surface area (Å²) in [6, 6.07) is 6.13. The van der Waals surface area contributed by atoms with Crippen LogP contribution in [-0.2, 0) is 6.54 Å². The van der Waals surface area contributed by atoms with Gasteiger partial charge in [-0.25, -0.2) is 4.79 Å². The molecule has 1 aliphatic heterocycles. The zero-order valence-electron chi connectivity index (χ0n) is 15.2. The average Bonchev–Trinajstić information content (AvgIpc) is 3.14. The van der Waals surface area contributed by atoms with E-state index in [0.717, 1.165) is 43.5 Å². The number of carbonyl (C=O) groups is 1. The highest BCUT2D eigenvalue weighted by molar-refractivity contribution is 5.74. The Morgan fingerprint density at radius 1 is 1.28 bits per heavy atom. The molecule has 0 unspecified atom stereocenters. The van der Waals surface area contributed by atoms with Gasteiger partial charge in [0, 0.05) is 31.8 Å². The quantitative estimate of drug-likeness (QED) is 0.860. The minimum atomic E-state index is -0.0504. The maximum Gasteiger partial charge on any atom is 0.317 e. The summed E-state index contributed by atoms with van der Waals surface area (Å²) in [6.07, 6.45) is 6.99. The summed E-state index contributed by atoms with van der Waals surface area (Å²) in [5, 5.41) is 12.3. The van der Waals surface area contributed by atoms with E-state index in [-0.39, 0.29) is 18.6 Å². The number of benzene rings is 1. The van der Waals surface area contributed by atoms with Gasteiger partial charge in [0.15, 0.2) is 0 Å². The summed E-state index contributed by atoms with van der Waals surface area (Å²) in [5.41, 5.74) is 2.20. The molecule has 138 valence electrons. The molecular weight excluding hydrogens is 316 g/mol. The molecule has 1 saturated heterocycles. The zero-order chi connectivity index (χ0) is 17.6. The molecule has 1 atom stereocenters. The van der Waals surface area contributed by atoms with Crippen molar-refractivity contribution in [2.45, 2.75) is 58.1 Å². The van der Waals surface area contributed by atoms with E-state index >= 15 is 0 Å². The zero-order valence-corrected chi connectivity index (χ0v) is 15.2. The third kappa shape index (κ3) is 4.88. The van der Waals surface area contributed by atoms with Crippen LogP contribution in [0, 0.1) is 12.8 Å². The number of likely N-dealkylation sites (tertiary alicyclic amines) is 1. The molecular formula is C20H30N2O3. The number of aliphatic hydroxyl groups excluding tert-OH is 1. The first kappa shape index (κ1) is 18.1. The summed E-state index contributed by atoms with van der Waals surface area (Å²) >= 11 is 0. The van der Waals surface area contributed by atoms with Gasteiger partial charge in [-0.1, -0.05) is 12.1 Å². The van der Waals surface area contributed by atoms with Gasteiger partial charge in [-0.3, -0.25) is 0 Å². The Hall–Kier alpha value is -1.75. The summed E-state index contributed by atoms with van der Waals surface area (Å²) in [4.78, 5) is 14.3. The minimum absolute atomic E-state index is 0.0504. The van der Waals surface area contributed by atoms with Crippen LogP contribution in [0.3, 0.4) is 0 Å². The summed E-state index contributed by atoms with van der Waals surface area (Å²) < 4.78 is 6.20. The van der Waals surface area contributed by atoms with Crippen LogP contribution in [0.1, 0.15) is 49.7 Å². The molecule has 2 aliphatic rings. The fourth-order valence-corrected chi connectivity index (χ4v) is 3.78. The van der Waals surface area contributed by atoms with E-state index in [4.69, 9.17) is 4.74 Å². The monoisotopic (exact) mass is 346 g/mol. The standard InChI is InChI=1S/C20H30N2O3/c1-15-8-9-17(19(11-15)25-18-6-2-3-7-18)12-21-20(24)22-10-4-5-16(13-22)14-23/h8-9,11,16,18,23H,2-7,10,12-14H2,1H3,(H,21,24)/t16-/m1/s1. The molecule has 0 aromatic heterocycles. The molecule has 1 aromatic rings. The van der Waals surface area contributed by atoms with Crippen molar-refractivity contribution in [2.24, 2.45) is 5.92 Å². The van der Waals surface area contributed by atoms with E-state index < -0.39 is 0 Å². The summed E-state index contributed by atoms with van der Waals surface area (Å²) in [5.74, 6) is 1.11. The smallest absolute Gasteiger partial charge is 0.317 e. The number of aryl methyl sites for hydroxylation is 1. The fraction of sp³-hybridized carbons (Fsp3) is 0.650. The van der Waals surface area contributed by atoms with E-state index in [2.05, 4.69) is 24.4 Å². The van der Waals surface area contributed by atoms with Gasteiger partial charge in [0.05, 0.1) is 6.10 Å². The molecule has 25 heavy (non-hydrogen) atoms. The lowest BCUT2D eigenvalue weighted by Gasteiger charge is -2.32. The molecule has 2 N–H and O–H groups in total. The number of piperidine rings is 1. The van der Waals surface area contributed by atoms with E-state index in [1.165, 1.54) is 18.4 Å². The number of nitrogens with one attached hydrogen (secondary N) is 1.